The Kier molecular flexibility index (Phi) is 8.36. The molecule has 0 aliphatic heterocycles. The molecule has 2 heterocycles. The number of thiophene rings is 1. The maximum Gasteiger partial charge on any atom is 0.307 e. The van der Waals surface area contributed by atoms with E-state index in [1.54, 1.807) is 11.3 Å². The number of carbonyl (C=O) groups is 2. The minimum Gasteiger partial charge on any atom is -0.481 e. The maximum absolute atomic E-state index is 13.2. The number of carbonyl (C=O) groups excluding carboxylic acids is 1. The standard InChI is InChI=1S/C30H34N2O3S/c1-4-20-9-11-21(12-10-20)16-23(30(34)35)18-28(33)22-13-14-27-26(17-22)31-29(19-25-8-7-15-36-25)32(27)24(5-2)6-3/h7-15,17,23-24H,4-6,16,18-19H2,1-3H3,(H,34,35). The van der Waals surface area contributed by atoms with E-state index in [1.807, 2.05) is 42.5 Å². The average molecular weight is 503 g/mol. The number of aromatic nitrogens is 2. The van der Waals surface area contributed by atoms with Gasteiger partial charge in [-0.05, 0) is 66.5 Å². The van der Waals surface area contributed by atoms with E-state index in [9.17, 15) is 14.7 Å². The van der Waals surface area contributed by atoms with Crippen LogP contribution in [0.5, 0.6) is 0 Å². The summed E-state index contributed by atoms with van der Waals surface area (Å²) >= 11 is 1.72. The molecule has 0 fully saturated rings. The van der Waals surface area contributed by atoms with Crippen molar-refractivity contribution in [3.63, 3.8) is 0 Å². The number of aryl methyl sites for hydroxylation is 1. The van der Waals surface area contributed by atoms with Gasteiger partial charge in [-0.2, -0.15) is 0 Å². The van der Waals surface area contributed by atoms with E-state index in [1.165, 1.54) is 10.4 Å². The first kappa shape index (κ1) is 25.8. The second kappa shape index (κ2) is 11.7. The van der Waals surface area contributed by atoms with Crippen LogP contribution in [0.2, 0.25) is 0 Å². The molecular formula is C30H34N2O3S. The number of rotatable bonds is 12. The number of hydrogen-bond donors (Lipinski definition) is 1. The Hall–Kier alpha value is -3.25. The number of ketones is 1. The van der Waals surface area contributed by atoms with Gasteiger partial charge >= 0.3 is 5.97 Å². The fraction of sp³-hybridized carbons (Fsp3) is 0.367. The molecule has 1 N–H and O–H groups in total. The SMILES string of the molecule is CCc1ccc(CC(CC(=O)c2ccc3c(c2)nc(Cc2cccs2)n3C(CC)CC)C(=O)O)cc1. The molecule has 0 bridgehead atoms. The Balaban J connectivity index is 1.60. The number of imidazole rings is 1. The van der Waals surface area contributed by atoms with Gasteiger partial charge < -0.3 is 9.67 Å². The van der Waals surface area contributed by atoms with Gasteiger partial charge in [-0.25, -0.2) is 4.98 Å². The number of carboxylic acids is 1. The van der Waals surface area contributed by atoms with Crippen molar-refractivity contribution in [3.05, 3.63) is 87.4 Å². The van der Waals surface area contributed by atoms with E-state index < -0.39 is 11.9 Å². The molecule has 0 aliphatic carbocycles. The normalized spacial score (nSPS) is 12.3. The van der Waals surface area contributed by atoms with Crippen molar-refractivity contribution in [1.82, 2.24) is 9.55 Å². The summed E-state index contributed by atoms with van der Waals surface area (Å²) in [5.41, 5.74) is 4.48. The van der Waals surface area contributed by atoms with Gasteiger partial charge in [-0.3, -0.25) is 9.59 Å². The van der Waals surface area contributed by atoms with Crippen LogP contribution >= 0.6 is 11.3 Å². The minimum atomic E-state index is -0.944. The van der Waals surface area contributed by atoms with Gasteiger partial charge in [0.05, 0.1) is 17.0 Å². The summed E-state index contributed by atoms with van der Waals surface area (Å²) in [6.07, 6.45) is 3.99. The van der Waals surface area contributed by atoms with Crippen LogP contribution in [0.15, 0.2) is 60.0 Å². The van der Waals surface area contributed by atoms with Gasteiger partial charge in [0, 0.05) is 29.3 Å². The van der Waals surface area contributed by atoms with Crippen LogP contribution in [0.25, 0.3) is 11.0 Å². The third-order valence-electron chi connectivity index (χ3n) is 7.00. The first-order valence-electron chi connectivity index (χ1n) is 12.8. The quantitative estimate of drug-likeness (QED) is 0.209. The Labute approximate surface area is 216 Å². The van der Waals surface area contributed by atoms with Crippen LogP contribution in [0.3, 0.4) is 0 Å². The lowest BCUT2D eigenvalue weighted by molar-refractivity contribution is -0.141. The predicted molar refractivity (Wildman–Crippen MR) is 146 cm³/mol. The number of carboxylic acid groups (broad SMARTS) is 1. The van der Waals surface area contributed by atoms with E-state index in [0.717, 1.165) is 48.1 Å². The zero-order valence-electron chi connectivity index (χ0n) is 21.2. The van der Waals surface area contributed by atoms with Crippen LogP contribution < -0.4 is 0 Å². The molecule has 1 unspecified atom stereocenters. The first-order chi connectivity index (χ1) is 17.4. The third kappa shape index (κ3) is 5.76. The Bertz CT molecular complexity index is 1320. The molecule has 0 saturated heterocycles. The van der Waals surface area contributed by atoms with Gasteiger partial charge in [-0.1, -0.05) is 51.1 Å². The van der Waals surface area contributed by atoms with Crippen LogP contribution in [0.4, 0.5) is 0 Å². The molecule has 0 amide bonds. The molecule has 0 aliphatic rings. The van der Waals surface area contributed by atoms with E-state index in [2.05, 4.69) is 42.9 Å². The summed E-state index contributed by atoms with van der Waals surface area (Å²) in [5, 5.41) is 11.9. The molecule has 1 atom stereocenters. The van der Waals surface area contributed by atoms with Gasteiger partial charge in [0.2, 0.25) is 0 Å². The second-order valence-corrected chi connectivity index (χ2v) is 10.4. The molecule has 2 aromatic carbocycles. The number of hydrogen-bond acceptors (Lipinski definition) is 4. The summed E-state index contributed by atoms with van der Waals surface area (Å²) in [7, 11) is 0. The molecule has 36 heavy (non-hydrogen) atoms. The van der Waals surface area contributed by atoms with Crippen LogP contribution in [0, 0.1) is 5.92 Å². The summed E-state index contributed by atoms with van der Waals surface area (Å²) in [6, 6.07) is 18.1. The Morgan fingerprint density at radius 1 is 1.00 bits per heavy atom. The van der Waals surface area contributed by atoms with Crippen LogP contribution in [0.1, 0.15) is 78.3 Å². The lowest BCUT2D eigenvalue weighted by Crippen LogP contribution is -2.20. The number of benzene rings is 2. The molecule has 188 valence electrons. The summed E-state index contributed by atoms with van der Waals surface area (Å²) in [4.78, 5) is 31.4. The maximum atomic E-state index is 13.2. The van der Waals surface area contributed by atoms with Gasteiger partial charge in [0.25, 0.3) is 0 Å². The lowest BCUT2D eigenvalue weighted by Gasteiger charge is -2.19. The highest BCUT2D eigenvalue weighted by atomic mass is 32.1. The van der Waals surface area contributed by atoms with Crippen LogP contribution in [-0.4, -0.2) is 26.4 Å². The minimum absolute atomic E-state index is 0.0360. The average Bonchev–Trinajstić information content (AvgIpc) is 3.52. The van der Waals surface area contributed by atoms with Crippen molar-refractivity contribution in [2.45, 2.75) is 65.3 Å². The Morgan fingerprint density at radius 3 is 2.33 bits per heavy atom. The van der Waals surface area contributed by atoms with Gasteiger partial charge in [0.15, 0.2) is 5.78 Å². The van der Waals surface area contributed by atoms with E-state index in [-0.39, 0.29) is 12.2 Å². The predicted octanol–water partition coefficient (Wildman–Crippen LogP) is 7.13. The van der Waals surface area contributed by atoms with Crippen molar-refractivity contribution in [2.24, 2.45) is 5.92 Å². The topological polar surface area (TPSA) is 72.2 Å². The van der Waals surface area contributed by atoms with Crippen molar-refractivity contribution < 1.29 is 14.7 Å². The molecule has 4 aromatic rings. The van der Waals surface area contributed by atoms with Crippen molar-refractivity contribution in [3.8, 4) is 0 Å². The zero-order valence-corrected chi connectivity index (χ0v) is 22.1. The van der Waals surface area contributed by atoms with Gasteiger partial charge in [0.1, 0.15) is 5.82 Å². The second-order valence-electron chi connectivity index (χ2n) is 9.36. The Morgan fingerprint density at radius 2 is 1.72 bits per heavy atom. The molecule has 2 aromatic heterocycles. The molecular weight excluding hydrogens is 468 g/mol. The largest absolute Gasteiger partial charge is 0.481 e. The smallest absolute Gasteiger partial charge is 0.307 e. The van der Waals surface area contributed by atoms with Gasteiger partial charge in [-0.15, -0.1) is 11.3 Å². The molecule has 4 rings (SSSR count). The molecule has 0 spiro atoms. The number of fused-ring (bicyclic) bond motifs is 1. The van der Waals surface area contributed by atoms with Crippen molar-refractivity contribution >= 4 is 34.1 Å². The lowest BCUT2D eigenvalue weighted by atomic mass is 9.91. The highest BCUT2D eigenvalue weighted by Crippen LogP contribution is 2.29. The van der Waals surface area contributed by atoms with E-state index >= 15 is 0 Å². The third-order valence-corrected chi connectivity index (χ3v) is 7.88. The number of aliphatic carboxylic acids is 1. The fourth-order valence-corrected chi connectivity index (χ4v) is 5.56. The molecule has 5 nitrogen and oxygen atoms in total. The fourth-order valence-electron chi connectivity index (χ4n) is 4.86. The van der Waals surface area contributed by atoms with Crippen LogP contribution in [-0.2, 0) is 24.1 Å². The summed E-state index contributed by atoms with van der Waals surface area (Å²) < 4.78 is 2.32. The molecule has 0 radical (unpaired) electrons. The highest BCUT2D eigenvalue weighted by molar-refractivity contribution is 7.09. The number of nitrogens with zero attached hydrogens (tertiary/aromatic N) is 2. The summed E-state index contributed by atoms with van der Waals surface area (Å²) in [6.45, 7) is 6.46. The molecule has 6 heteroatoms. The van der Waals surface area contributed by atoms with Crippen molar-refractivity contribution in [2.75, 3.05) is 0 Å². The number of Topliss-reactive ketones (excluding diaryl/α,β-unsaturated/α-hetero) is 1. The van der Waals surface area contributed by atoms with E-state index in [4.69, 9.17) is 4.98 Å². The summed E-state index contributed by atoms with van der Waals surface area (Å²) in [5.74, 6) is -0.867. The zero-order chi connectivity index (χ0) is 25.7. The first-order valence-corrected chi connectivity index (χ1v) is 13.7. The van der Waals surface area contributed by atoms with E-state index in [0.29, 0.717) is 18.0 Å². The molecule has 0 saturated carbocycles. The van der Waals surface area contributed by atoms with Crippen molar-refractivity contribution in [1.29, 1.82) is 0 Å². The highest BCUT2D eigenvalue weighted by Gasteiger charge is 2.24. The monoisotopic (exact) mass is 502 g/mol.